The van der Waals surface area contributed by atoms with E-state index in [9.17, 15) is 13.6 Å². The predicted molar refractivity (Wildman–Crippen MR) is 91.1 cm³/mol. The lowest BCUT2D eigenvalue weighted by Gasteiger charge is -2.07. The van der Waals surface area contributed by atoms with E-state index in [4.69, 9.17) is 4.42 Å². The van der Waals surface area contributed by atoms with Crippen LogP contribution in [-0.4, -0.2) is 12.5 Å². The van der Waals surface area contributed by atoms with E-state index in [0.29, 0.717) is 5.69 Å². The molecule has 0 saturated carbocycles. The highest BCUT2D eigenvalue weighted by atomic mass is 19.3. The average molecular weight is 345 g/mol. The van der Waals surface area contributed by atoms with Crippen molar-refractivity contribution in [3.63, 3.8) is 0 Å². The van der Waals surface area contributed by atoms with Gasteiger partial charge in [0.25, 0.3) is 0 Å². The molecule has 2 aromatic carbocycles. The van der Waals surface area contributed by atoms with Crippen molar-refractivity contribution in [1.82, 2.24) is 0 Å². The third-order valence-electron chi connectivity index (χ3n) is 3.81. The Bertz CT molecular complexity index is 901. The van der Waals surface area contributed by atoms with Gasteiger partial charge in [-0.05, 0) is 55.3 Å². The Morgan fingerprint density at radius 2 is 1.92 bits per heavy atom. The summed E-state index contributed by atoms with van der Waals surface area (Å²) >= 11 is 0. The smallest absolute Gasteiger partial charge is 0.387 e. The minimum atomic E-state index is -2.87. The molecule has 130 valence electrons. The Morgan fingerprint density at radius 1 is 1.20 bits per heavy atom. The Balaban J connectivity index is 1.71. The third-order valence-corrected chi connectivity index (χ3v) is 3.81. The molecule has 0 radical (unpaired) electrons. The molecule has 0 bridgehead atoms. The molecular formula is C19H17F2NO3. The SMILES string of the molecule is Cc1cc(C)c2c(CC(=O)Nc3ccc(OC(F)F)cc3)coc2c1. The quantitative estimate of drug-likeness (QED) is 0.720. The van der Waals surface area contributed by atoms with Crippen LogP contribution in [0.25, 0.3) is 11.0 Å². The van der Waals surface area contributed by atoms with E-state index >= 15 is 0 Å². The molecule has 0 aliphatic carbocycles. The van der Waals surface area contributed by atoms with Crippen LogP contribution in [0.5, 0.6) is 5.75 Å². The number of benzene rings is 2. The second-order valence-corrected chi connectivity index (χ2v) is 5.84. The number of alkyl halides is 2. The molecule has 0 atom stereocenters. The van der Waals surface area contributed by atoms with E-state index in [1.54, 1.807) is 6.26 Å². The zero-order valence-electron chi connectivity index (χ0n) is 13.8. The summed E-state index contributed by atoms with van der Waals surface area (Å²) in [7, 11) is 0. The molecule has 3 aromatic rings. The van der Waals surface area contributed by atoms with Gasteiger partial charge in [-0.3, -0.25) is 4.79 Å². The molecular weight excluding hydrogens is 328 g/mol. The first kappa shape index (κ1) is 17.0. The number of halogens is 2. The number of carbonyl (C=O) groups is 1. The number of nitrogens with one attached hydrogen (secondary N) is 1. The summed E-state index contributed by atoms with van der Waals surface area (Å²) in [6, 6.07) is 9.76. The maximum absolute atomic E-state index is 12.3. The number of hydrogen-bond donors (Lipinski definition) is 1. The Morgan fingerprint density at radius 3 is 2.60 bits per heavy atom. The number of hydrogen-bond acceptors (Lipinski definition) is 3. The van der Waals surface area contributed by atoms with Crippen molar-refractivity contribution in [2.24, 2.45) is 0 Å². The van der Waals surface area contributed by atoms with Gasteiger partial charge in [0.05, 0.1) is 12.7 Å². The second-order valence-electron chi connectivity index (χ2n) is 5.84. The Kier molecular flexibility index (Phi) is 4.70. The van der Waals surface area contributed by atoms with Crippen molar-refractivity contribution in [3.8, 4) is 5.75 Å². The normalized spacial score (nSPS) is 11.1. The van der Waals surface area contributed by atoms with Crippen molar-refractivity contribution in [2.75, 3.05) is 5.32 Å². The molecule has 1 amide bonds. The van der Waals surface area contributed by atoms with Crippen LogP contribution in [0.2, 0.25) is 0 Å². The molecule has 6 heteroatoms. The maximum Gasteiger partial charge on any atom is 0.387 e. The molecule has 0 unspecified atom stereocenters. The Hall–Kier alpha value is -2.89. The Labute approximate surface area is 143 Å². The van der Waals surface area contributed by atoms with Gasteiger partial charge in [0, 0.05) is 16.6 Å². The highest BCUT2D eigenvalue weighted by Gasteiger charge is 2.13. The highest BCUT2D eigenvalue weighted by Crippen LogP contribution is 2.27. The lowest BCUT2D eigenvalue weighted by atomic mass is 10.0. The van der Waals surface area contributed by atoms with Gasteiger partial charge >= 0.3 is 6.61 Å². The summed E-state index contributed by atoms with van der Waals surface area (Å²) in [6.07, 6.45) is 1.75. The number of furan rings is 1. The van der Waals surface area contributed by atoms with Crippen LogP contribution >= 0.6 is 0 Å². The standard InChI is InChI=1S/C19H17F2NO3/c1-11-7-12(2)18-13(10-24-16(18)8-11)9-17(23)22-14-3-5-15(6-4-14)25-19(20)21/h3-8,10,19H,9H2,1-2H3,(H,22,23). The zero-order valence-corrected chi connectivity index (χ0v) is 13.8. The summed E-state index contributed by atoms with van der Waals surface area (Å²) in [5.41, 5.74) is 4.23. The summed E-state index contributed by atoms with van der Waals surface area (Å²) in [6.45, 7) is 1.10. The molecule has 25 heavy (non-hydrogen) atoms. The van der Waals surface area contributed by atoms with Crippen LogP contribution < -0.4 is 10.1 Å². The summed E-state index contributed by atoms with van der Waals surface area (Å²) in [5.74, 6) is -0.176. The van der Waals surface area contributed by atoms with Gasteiger partial charge in [-0.2, -0.15) is 8.78 Å². The van der Waals surface area contributed by atoms with E-state index in [1.165, 1.54) is 24.3 Å². The fraction of sp³-hybridized carbons (Fsp3) is 0.211. The minimum Gasteiger partial charge on any atom is -0.464 e. The van der Waals surface area contributed by atoms with Crippen molar-refractivity contribution < 1.29 is 22.7 Å². The largest absolute Gasteiger partial charge is 0.464 e. The van der Waals surface area contributed by atoms with E-state index in [-0.39, 0.29) is 18.1 Å². The number of anilines is 1. The van der Waals surface area contributed by atoms with Gasteiger partial charge < -0.3 is 14.5 Å². The van der Waals surface area contributed by atoms with Crippen LogP contribution in [0.1, 0.15) is 16.7 Å². The van der Waals surface area contributed by atoms with Crippen molar-refractivity contribution in [1.29, 1.82) is 0 Å². The molecule has 3 rings (SSSR count). The molecule has 0 aliphatic heterocycles. The topological polar surface area (TPSA) is 51.5 Å². The van der Waals surface area contributed by atoms with Crippen molar-refractivity contribution >= 4 is 22.6 Å². The summed E-state index contributed by atoms with van der Waals surface area (Å²) in [4.78, 5) is 12.3. The molecule has 0 fully saturated rings. The zero-order chi connectivity index (χ0) is 18.0. The van der Waals surface area contributed by atoms with Gasteiger partial charge in [-0.15, -0.1) is 0 Å². The maximum atomic E-state index is 12.3. The molecule has 4 nitrogen and oxygen atoms in total. The van der Waals surface area contributed by atoms with Crippen molar-refractivity contribution in [3.05, 3.63) is 59.4 Å². The van der Waals surface area contributed by atoms with E-state index in [0.717, 1.165) is 27.7 Å². The van der Waals surface area contributed by atoms with Crippen LogP contribution in [0.4, 0.5) is 14.5 Å². The molecule has 0 spiro atoms. The predicted octanol–water partition coefficient (Wildman–Crippen LogP) is 4.83. The molecule has 1 aromatic heterocycles. The van der Waals surface area contributed by atoms with Gasteiger partial charge in [0.1, 0.15) is 11.3 Å². The number of amides is 1. The van der Waals surface area contributed by atoms with Gasteiger partial charge in [0.2, 0.25) is 5.91 Å². The molecule has 1 N–H and O–H groups in total. The summed E-state index contributed by atoms with van der Waals surface area (Å²) in [5, 5.41) is 3.68. The number of fused-ring (bicyclic) bond motifs is 1. The first-order valence-corrected chi connectivity index (χ1v) is 7.74. The van der Waals surface area contributed by atoms with E-state index in [2.05, 4.69) is 10.1 Å². The first-order valence-electron chi connectivity index (χ1n) is 7.74. The number of aryl methyl sites for hydroxylation is 2. The third kappa shape index (κ3) is 3.96. The van der Waals surface area contributed by atoms with E-state index < -0.39 is 6.61 Å². The van der Waals surface area contributed by atoms with Gasteiger partial charge in [-0.1, -0.05) is 6.07 Å². The first-order chi connectivity index (χ1) is 11.9. The monoisotopic (exact) mass is 345 g/mol. The van der Waals surface area contributed by atoms with E-state index in [1.807, 2.05) is 26.0 Å². The van der Waals surface area contributed by atoms with Crippen molar-refractivity contribution in [2.45, 2.75) is 26.9 Å². The fourth-order valence-corrected chi connectivity index (χ4v) is 2.85. The molecule has 1 heterocycles. The lowest BCUT2D eigenvalue weighted by molar-refractivity contribution is -0.115. The van der Waals surface area contributed by atoms with Gasteiger partial charge in [0.15, 0.2) is 0 Å². The number of rotatable bonds is 5. The van der Waals surface area contributed by atoms with Crippen LogP contribution in [0.15, 0.2) is 47.1 Å². The lowest BCUT2D eigenvalue weighted by Crippen LogP contribution is -2.14. The average Bonchev–Trinajstić information content (AvgIpc) is 2.91. The van der Waals surface area contributed by atoms with Crippen LogP contribution in [-0.2, 0) is 11.2 Å². The highest BCUT2D eigenvalue weighted by molar-refractivity contribution is 5.96. The molecule has 0 saturated heterocycles. The fourth-order valence-electron chi connectivity index (χ4n) is 2.85. The van der Waals surface area contributed by atoms with Crippen LogP contribution in [0, 0.1) is 13.8 Å². The minimum absolute atomic E-state index is 0.0415. The van der Waals surface area contributed by atoms with Gasteiger partial charge in [-0.25, -0.2) is 0 Å². The summed E-state index contributed by atoms with van der Waals surface area (Å²) < 4.78 is 34.1. The number of carbonyl (C=O) groups excluding carboxylic acids is 1. The number of ether oxygens (including phenoxy) is 1. The second kappa shape index (κ2) is 6.93. The molecule has 0 aliphatic rings. The van der Waals surface area contributed by atoms with Crippen LogP contribution in [0.3, 0.4) is 0 Å².